The van der Waals surface area contributed by atoms with E-state index in [1.165, 1.54) is 22.3 Å². The molecule has 1 aliphatic rings. The number of benzene rings is 4. The summed E-state index contributed by atoms with van der Waals surface area (Å²) in [6.45, 7) is 2.28. The minimum Gasteiger partial charge on any atom is -0.455 e. The van der Waals surface area contributed by atoms with Gasteiger partial charge in [-0.25, -0.2) is 4.98 Å². The molecule has 0 fully saturated rings. The highest BCUT2D eigenvalue weighted by Gasteiger charge is 2.31. The summed E-state index contributed by atoms with van der Waals surface area (Å²) in [4.78, 5) is 14.7. The van der Waals surface area contributed by atoms with E-state index in [-0.39, 0.29) is 11.8 Å². The molecule has 0 N–H and O–H groups in total. The number of hydrogen-bond acceptors (Lipinski definition) is 4. The normalized spacial score (nSPS) is 15.8. The number of para-hydroxylation sites is 2. The molecule has 4 heteroatoms. The first kappa shape index (κ1) is 27.4. The van der Waals surface area contributed by atoms with Gasteiger partial charge in [0.2, 0.25) is 0 Å². The van der Waals surface area contributed by atoms with Gasteiger partial charge in [-0.1, -0.05) is 97.9 Å². The molecule has 8 aromatic rings. The van der Waals surface area contributed by atoms with Gasteiger partial charge in [-0.2, -0.15) is 0 Å². The monoisotopic (exact) mass is 605 g/mol. The van der Waals surface area contributed by atoms with E-state index in [0.29, 0.717) is 0 Å². The van der Waals surface area contributed by atoms with E-state index in [2.05, 4.69) is 109 Å². The van der Waals surface area contributed by atoms with Crippen LogP contribution in [0.25, 0.3) is 72.6 Å². The van der Waals surface area contributed by atoms with Crippen LogP contribution in [0.15, 0.2) is 144 Å². The fourth-order valence-corrected chi connectivity index (χ4v) is 7.41. The van der Waals surface area contributed by atoms with Gasteiger partial charge in [0.1, 0.15) is 11.2 Å². The smallest absolute Gasteiger partial charge is 0.143 e. The van der Waals surface area contributed by atoms with Gasteiger partial charge in [-0.15, -0.1) is 0 Å². The van der Waals surface area contributed by atoms with Crippen molar-refractivity contribution in [3.63, 3.8) is 0 Å². The predicted molar refractivity (Wildman–Crippen MR) is 192 cm³/mol. The van der Waals surface area contributed by atoms with Crippen molar-refractivity contribution in [2.45, 2.75) is 25.2 Å². The van der Waals surface area contributed by atoms with Gasteiger partial charge < -0.3 is 4.42 Å². The van der Waals surface area contributed by atoms with Gasteiger partial charge in [0, 0.05) is 45.7 Å². The van der Waals surface area contributed by atoms with Crippen LogP contribution >= 0.6 is 0 Å². The van der Waals surface area contributed by atoms with Crippen molar-refractivity contribution in [3.8, 4) is 33.6 Å². The molecule has 0 saturated carbocycles. The molecule has 4 aromatic carbocycles. The fraction of sp³-hybridized carbons (Fsp3) is 0.0930. The highest BCUT2D eigenvalue weighted by Crippen LogP contribution is 2.48. The SMILES string of the molecule is CCC1c2c(c(-c3ccc(-c4cccc5c4oc4ccccc45)cc3)cc3ccc(-c4ccccn4)nc23)C=CC1c1ccccn1. The first-order valence-corrected chi connectivity index (χ1v) is 16.3. The van der Waals surface area contributed by atoms with Crippen molar-refractivity contribution in [1.82, 2.24) is 15.0 Å². The van der Waals surface area contributed by atoms with Crippen LogP contribution in [0.4, 0.5) is 0 Å². The second-order valence-electron chi connectivity index (χ2n) is 12.2. The van der Waals surface area contributed by atoms with Crippen LogP contribution in [0.1, 0.15) is 42.0 Å². The number of fused-ring (bicyclic) bond motifs is 6. The molecule has 0 saturated heterocycles. The third-order valence-corrected chi connectivity index (χ3v) is 9.64. The summed E-state index contributed by atoms with van der Waals surface area (Å²) in [5, 5.41) is 3.41. The van der Waals surface area contributed by atoms with Crippen molar-refractivity contribution in [1.29, 1.82) is 0 Å². The molecule has 224 valence electrons. The maximum Gasteiger partial charge on any atom is 0.143 e. The zero-order chi connectivity index (χ0) is 31.3. The minimum atomic E-state index is 0.166. The lowest BCUT2D eigenvalue weighted by atomic mass is 9.73. The van der Waals surface area contributed by atoms with Gasteiger partial charge in [0.15, 0.2) is 0 Å². The maximum absolute atomic E-state index is 6.36. The Morgan fingerprint density at radius 1 is 0.660 bits per heavy atom. The van der Waals surface area contributed by atoms with Gasteiger partial charge in [-0.3, -0.25) is 9.97 Å². The molecule has 4 aromatic heterocycles. The van der Waals surface area contributed by atoms with E-state index in [0.717, 1.165) is 67.5 Å². The van der Waals surface area contributed by atoms with E-state index in [1.54, 1.807) is 0 Å². The van der Waals surface area contributed by atoms with Crippen LogP contribution < -0.4 is 0 Å². The number of rotatable bonds is 5. The van der Waals surface area contributed by atoms with Crippen molar-refractivity contribution >= 4 is 38.9 Å². The Balaban J connectivity index is 1.21. The summed E-state index contributed by atoms with van der Waals surface area (Å²) >= 11 is 0. The second-order valence-corrected chi connectivity index (χ2v) is 12.2. The highest BCUT2D eigenvalue weighted by molar-refractivity contribution is 6.09. The van der Waals surface area contributed by atoms with Crippen molar-refractivity contribution < 1.29 is 4.42 Å². The van der Waals surface area contributed by atoms with E-state index in [9.17, 15) is 0 Å². The summed E-state index contributed by atoms with van der Waals surface area (Å²) in [5.41, 5.74) is 12.9. The lowest BCUT2D eigenvalue weighted by Crippen LogP contribution is -2.16. The average Bonchev–Trinajstić information content (AvgIpc) is 3.53. The molecule has 4 nitrogen and oxygen atoms in total. The third-order valence-electron chi connectivity index (χ3n) is 9.64. The molecule has 4 heterocycles. The molecule has 0 bridgehead atoms. The second kappa shape index (κ2) is 11.2. The molecule has 0 spiro atoms. The molecule has 47 heavy (non-hydrogen) atoms. The largest absolute Gasteiger partial charge is 0.455 e. The lowest BCUT2D eigenvalue weighted by molar-refractivity contribution is 0.586. The summed E-state index contributed by atoms with van der Waals surface area (Å²) in [6.07, 6.45) is 9.33. The topological polar surface area (TPSA) is 51.8 Å². The Bertz CT molecular complexity index is 2440. The van der Waals surface area contributed by atoms with Gasteiger partial charge >= 0.3 is 0 Å². The van der Waals surface area contributed by atoms with Crippen molar-refractivity contribution in [2.24, 2.45) is 0 Å². The Morgan fingerprint density at radius 2 is 1.43 bits per heavy atom. The number of nitrogens with zero attached hydrogens (tertiary/aromatic N) is 3. The molecule has 0 amide bonds. The third kappa shape index (κ3) is 4.56. The van der Waals surface area contributed by atoms with E-state index < -0.39 is 0 Å². The molecule has 0 radical (unpaired) electrons. The van der Waals surface area contributed by atoms with Crippen molar-refractivity contribution in [3.05, 3.63) is 157 Å². The van der Waals surface area contributed by atoms with Crippen LogP contribution in [-0.4, -0.2) is 15.0 Å². The molecule has 2 atom stereocenters. The van der Waals surface area contributed by atoms with Crippen LogP contribution in [0, 0.1) is 0 Å². The van der Waals surface area contributed by atoms with Gasteiger partial charge in [0.25, 0.3) is 0 Å². The number of hydrogen-bond donors (Lipinski definition) is 0. The van der Waals surface area contributed by atoms with E-state index in [4.69, 9.17) is 14.4 Å². The van der Waals surface area contributed by atoms with E-state index in [1.807, 2.05) is 48.8 Å². The molecular formula is C43H31N3O. The quantitative estimate of drug-likeness (QED) is 0.196. The maximum atomic E-state index is 6.36. The van der Waals surface area contributed by atoms with Crippen molar-refractivity contribution in [2.75, 3.05) is 0 Å². The standard InChI is InChI=1S/C43H31N3O/c1-2-30-32(37-13-5-7-24-44-37)21-22-34-36(26-29-20-23-39(46-42(29)41(30)34)38-14-6-8-25-45-38)28-18-16-27(17-19-28)31-11-9-12-35-33-10-3-4-15-40(33)47-43(31)35/h3-26,30,32H,2H2,1H3. The summed E-state index contributed by atoms with van der Waals surface area (Å²) in [6, 6.07) is 42.4. The first-order valence-electron chi connectivity index (χ1n) is 16.3. The van der Waals surface area contributed by atoms with Crippen LogP contribution in [0.2, 0.25) is 0 Å². The number of aromatic nitrogens is 3. The Kier molecular flexibility index (Phi) is 6.53. The summed E-state index contributed by atoms with van der Waals surface area (Å²) in [5.74, 6) is 0.392. The van der Waals surface area contributed by atoms with Crippen LogP contribution in [0.3, 0.4) is 0 Å². The zero-order valence-corrected chi connectivity index (χ0v) is 26.0. The molecule has 0 aliphatic heterocycles. The molecule has 1 aliphatic carbocycles. The first-order chi connectivity index (χ1) is 23.3. The number of furan rings is 1. The summed E-state index contributed by atoms with van der Waals surface area (Å²) < 4.78 is 6.36. The predicted octanol–water partition coefficient (Wildman–Crippen LogP) is 11.2. The zero-order valence-electron chi connectivity index (χ0n) is 26.0. The fourth-order valence-electron chi connectivity index (χ4n) is 7.41. The lowest BCUT2D eigenvalue weighted by Gasteiger charge is -2.31. The molecular weight excluding hydrogens is 574 g/mol. The van der Waals surface area contributed by atoms with Gasteiger partial charge in [0.05, 0.1) is 16.9 Å². The Labute approximate surface area is 273 Å². The number of pyridine rings is 3. The van der Waals surface area contributed by atoms with Crippen LogP contribution in [-0.2, 0) is 0 Å². The molecule has 2 unspecified atom stereocenters. The van der Waals surface area contributed by atoms with Crippen LogP contribution in [0.5, 0.6) is 0 Å². The Morgan fingerprint density at radius 3 is 2.21 bits per heavy atom. The Hall–Kier alpha value is -5.87. The van der Waals surface area contributed by atoms with E-state index >= 15 is 0 Å². The average molecular weight is 606 g/mol. The minimum absolute atomic E-state index is 0.166. The molecule has 9 rings (SSSR count). The summed E-state index contributed by atoms with van der Waals surface area (Å²) in [7, 11) is 0. The van der Waals surface area contributed by atoms with Gasteiger partial charge in [-0.05, 0) is 82.6 Å². The number of allylic oxidation sites excluding steroid dienone is 1. The highest BCUT2D eigenvalue weighted by atomic mass is 16.3.